The number of amides is 1. The van der Waals surface area contributed by atoms with Crippen LogP contribution in [0.1, 0.15) is 36.9 Å². The lowest BCUT2D eigenvalue weighted by molar-refractivity contribution is -0.133. The molecule has 1 amide bonds. The third-order valence-electron chi connectivity index (χ3n) is 4.03. The highest BCUT2D eigenvalue weighted by molar-refractivity contribution is 5.81. The largest absolute Gasteiger partial charge is 0.390 e. The molecule has 4 atom stereocenters. The van der Waals surface area contributed by atoms with Gasteiger partial charge in [-0.15, -0.1) is 0 Å². The van der Waals surface area contributed by atoms with E-state index in [0.29, 0.717) is 6.42 Å². The van der Waals surface area contributed by atoms with E-state index in [1.165, 1.54) is 0 Å². The Bertz CT molecular complexity index is 488. The van der Waals surface area contributed by atoms with Gasteiger partial charge in [0, 0.05) is 6.42 Å². The maximum Gasteiger partial charge on any atom is 0.249 e. The molecule has 1 aromatic carbocycles. The topological polar surface area (TPSA) is 58.6 Å². The van der Waals surface area contributed by atoms with Crippen molar-refractivity contribution in [3.05, 3.63) is 35.4 Å². The summed E-state index contributed by atoms with van der Waals surface area (Å²) >= 11 is 0. The second kappa shape index (κ2) is 4.94. The molecule has 0 radical (unpaired) electrons. The number of nitrogens with one attached hydrogen (secondary N) is 1. The molecule has 3 rings (SSSR count). The third kappa shape index (κ3) is 2.38. The van der Waals surface area contributed by atoms with Crippen molar-refractivity contribution in [1.82, 2.24) is 5.32 Å². The Morgan fingerprint density at radius 2 is 2.16 bits per heavy atom. The van der Waals surface area contributed by atoms with E-state index >= 15 is 0 Å². The molecule has 1 fully saturated rings. The second-order valence-electron chi connectivity index (χ2n) is 5.47. The van der Waals surface area contributed by atoms with Gasteiger partial charge in [-0.3, -0.25) is 4.79 Å². The summed E-state index contributed by atoms with van der Waals surface area (Å²) in [5, 5.41) is 13.0. The van der Waals surface area contributed by atoms with Crippen LogP contribution in [0, 0.1) is 0 Å². The highest BCUT2D eigenvalue weighted by Crippen LogP contribution is 2.31. The summed E-state index contributed by atoms with van der Waals surface area (Å²) in [5.74, 6) is -0.106. The standard InChI is InChI=1S/C15H19NO3/c1-9-6-7-13(19-9)15(18)16-14-11-5-3-2-4-10(11)8-12(14)17/h2-5,9,12-14,17H,6-8H2,1H3,(H,16,18)/t9?,12-,13?,14+/m0/s1. The lowest BCUT2D eigenvalue weighted by Crippen LogP contribution is -2.40. The number of aliphatic hydroxyl groups is 1. The van der Waals surface area contributed by atoms with Crippen LogP contribution in [0.4, 0.5) is 0 Å². The molecule has 4 nitrogen and oxygen atoms in total. The predicted octanol–water partition coefficient (Wildman–Crippen LogP) is 1.33. The van der Waals surface area contributed by atoms with E-state index in [2.05, 4.69) is 5.32 Å². The molecule has 1 aliphatic heterocycles. The number of fused-ring (bicyclic) bond motifs is 1. The van der Waals surface area contributed by atoms with Gasteiger partial charge < -0.3 is 15.2 Å². The van der Waals surface area contributed by atoms with Crippen LogP contribution in [0.25, 0.3) is 0 Å². The first-order chi connectivity index (χ1) is 9.15. The summed E-state index contributed by atoms with van der Waals surface area (Å²) in [7, 11) is 0. The van der Waals surface area contributed by atoms with E-state index in [-0.39, 0.29) is 24.2 Å². The molecule has 4 heteroatoms. The van der Waals surface area contributed by atoms with E-state index in [9.17, 15) is 9.90 Å². The maximum atomic E-state index is 12.2. The number of hydrogen-bond donors (Lipinski definition) is 2. The van der Waals surface area contributed by atoms with Crippen molar-refractivity contribution in [2.45, 2.75) is 50.5 Å². The van der Waals surface area contributed by atoms with Gasteiger partial charge in [-0.2, -0.15) is 0 Å². The average molecular weight is 261 g/mol. The fraction of sp³-hybridized carbons (Fsp3) is 0.533. The van der Waals surface area contributed by atoms with Gasteiger partial charge in [0.15, 0.2) is 0 Å². The van der Waals surface area contributed by atoms with Crippen molar-refractivity contribution in [3.8, 4) is 0 Å². The first kappa shape index (κ1) is 12.6. The lowest BCUT2D eigenvalue weighted by Gasteiger charge is -2.20. The monoisotopic (exact) mass is 261 g/mol. The SMILES string of the molecule is CC1CCC(C(=O)N[C@@H]2c3ccccc3C[C@@H]2O)O1. The highest BCUT2D eigenvalue weighted by atomic mass is 16.5. The van der Waals surface area contributed by atoms with Crippen molar-refractivity contribution in [3.63, 3.8) is 0 Å². The second-order valence-corrected chi connectivity index (χ2v) is 5.47. The van der Waals surface area contributed by atoms with E-state index in [1.54, 1.807) is 0 Å². The van der Waals surface area contributed by atoms with Crippen LogP contribution in [-0.2, 0) is 16.0 Å². The molecular formula is C15H19NO3. The summed E-state index contributed by atoms with van der Waals surface area (Å²) in [4.78, 5) is 12.2. The first-order valence-electron chi connectivity index (χ1n) is 6.87. The minimum atomic E-state index is -0.542. The van der Waals surface area contributed by atoms with Gasteiger partial charge in [0.2, 0.25) is 5.91 Å². The van der Waals surface area contributed by atoms with Gasteiger partial charge in [0.05, 0.1) is 18.2 Å². The fourth-order valence-electron chi connectivity index (χ4n) is 2.99. The molecule has 2 aliphatic rings. The van der Waals surface area contributed by atoms with Crippen LogP contribution in [0.2, 0.25) is 0 Å². The molecule has 2 unspecified atom stereocenters. The Labute approximate surface area is 112 Å². The quantitative estimate of drug-likeness (QED) is 0.844. The minimum absolute atomic E-state index is 0.106. The zero-order valence-corrected chi connectivity index (χ0v) is 11.0. The van der Waals surface area contributed by atoms with Crippen LogP contribution in [0.3, 0.4) is 0 Å². The zero-order chi connectivity index (χ0) is 13.4. The zero-order valence-electron chi connectivity index (χ0n) is 11.0. The van der Waals surface area contributed by atoms with Crippen LogP contribution in [-0.4, -0.2) is 29.3 Å². The van der Waals surface area contributed by atoms with Crippen LogP contribution >= 0.6 is 0 Å². The van der Waals surface area contributed by atoms with Crippen molar-refractivity contribution < 1.29 is 14.6 Å². The molecule has 1 saturated heterocycles. The Balaban J connectivity index is 1.71. The van der Waals surface area contributed by atoms with Crippen LogP contribution in [0.15, 0.2) is 24.3 Å². The molecule has 1 aliphatic carbocycles. The summed E-state index contributed by atoms with van der Waals surface area (Å²) in [5.41, 5.74) is 2.13. The molecule has 0 aromatic heterocycles. The Hall–Kier alpha value is -1.39. The van der Waals surface area contributed by atoms with Gasteiger partial charge in [0.1, 0.15) is 6.10 Å². The van der Waals surface area contributed by atoms with Crippen molar-refractivity contribution in [2.75, 3.05) is 0 Å². The number of hydrogen-bond acceptors (Lipinski definition) is 3. The number of ether oxygens (including phenoxy) is 1. The number of aliphatic hydroxyl groups excluding tert-OH is 1. The van der Waals surface area contributed by atoms with E-state index < -0.39 is 6.10 Å². The fourth-order valence-corrected chi connectivity index (χ4v) is 2.99. The Kier molecular flexibility index (Phi) is 3.29. The Morgan fingerprint density at radius 1 is 1.37 bits per heavy atom. The van der Waals surface area contributed by atoms with Crippen LogP contribution in [0.5, 0.6) is 0 Å². The summed E-state index contributed by atoms with van der Waals surface area (Å²) in [6, 6.07) is 7.55. The number of carbonyl (C=O) groups is 1. The molecule has 0 bridgehead atoms. The van der Waals surface area contributed by atoms with E-state index in [0.717, 1.165) is 24.0 Å². The Morgan fingerprint density at radius 3 is 2.89 bits per heavy atom. The lowest BCUT2D eigenvalue weighted by atomic mass is 10.1. The number of benzene rings is 1. The summed E-state index contributed by atoms with van der Waals surface area (Å²) in [6.07, 6.45) is 1.52. The molecule has 0 saturated carbocycles. The third-order valence-corrected chi connectivity index (χ3v) is 4.03. The van der Waals surface area contributed by atoms with Crippen molar-refractivity contribution in [1.29, 1.82) is 0 Å². The number of carbonyl (C=O) groups excluding carboxylic acids is 1. The molecule has 2 N–H and O–H groups in total. The van der Waals surface area contributed by atoms with Gasteiger partial charge in [-0.1, -0.05) is 24.3 Å². The first-order valence-corrected chi connectivity index (χ1v) is 6.87. The number of rotatable bonds is 2. The van der Waals surface area contributed by atoms with Gasteiger partial charge in [-0.05, 0) is 30.9 Å². The molecule has 19 heavy (non-hydrogen) atoms. The van der Waals surface area contributed by atoms with Crippen molar-refractivity contribution in [2.24, 2.45) is 0 Å². The van der Waals surface area contributed by atoms with E-state index in [4.69, 9.17) is 4.74 Å². The predicted molar refractivity (Wildman–Crippen MR) is 70.6 cm³/mol. The molecule has 1 aromatic rings. The molecular weight excluding hydrogens is 242 g/mol. The van der Waals surface area contributed by atoms with E-state index in [1.807, 2.05) is 31.2 Å². The van der Waals surface area contributed by atoms with Crippen LogP contribution < -0.4 is 5.32 Å². The molecule has 0 spiro atoms. The van der Waals surface area contributed by atoms with Crippen molar-refractivity contribution >= 4 is 5.91 Å². The average Bonchev–Trinajstić information content (AvgIpc) is 2.95. The summed E-state index contributed by atoms with van der Waals surface area (Å²) in [6.45, 7) is 1.98. The smallest absolute Gasteiger partial charge is 0.249 e. The molecule has 102 valence electrons. The highest BCUT2D eigenvalue weighted by Gasteiger charge is 2.35. The maximum absolute atomic E-state index is 12.2. The molecule has 1 heterocycles. The van der Waals surface area contributed by atoms with Gasteiger partial charge >= 0.3 is 0 Å². The van der Waals surface area contributed by atoms with Gasteiger partial charge in [-0.25, -0.2) is 0 Å². The van der Waals surface area contributed by atoms with Gasteiger partial charge in [0.25, 0.3) is 0 Å². The summed E-state index contributed by atoms with van der Waals surface area (Å²) < 4.78 is 5.56. The minimum Gasteiger partial charge on any atom is -0.390 e. The normalized spacial score (nSPS) is 33.2.